The third-order valence-corrected chi connectivity index (χ3v) is 3.88. The van der Waals surface area contributed by atoms with Gasteiger partial charge in [-0.3, -0.25) is 4.79 Å². The monoisotopic (exact) mass is 305 g/mol. The van der Waals surface area contributed by atoms with Gasteiger partial charge in [0.2, 0.25) is 5.91 Å². The number of aryl methyl sites for hydroxylation is 2. The van der Waals surface area contributed by atoms with E-state index in [2.05, 4.69) is 10.6 Å². The van der Waals surface area contributed by atoms with Crippen LogP contribution in [0.2, 0.25) is 0 Å². The van der Waals surface area contributed by atoms with Crippen LogP contribution in [0.5, 0.6) is 0 Å². The van der Waals surface area contributed by atoms with Crippen molar-refractivity contribution in [3.05, 3.63) is 29.3 Å². The molecule has 1 aliphatic heterocycles. The molecule has 0 bridgehead atoms. The highest BCUT2D eigenvalue weighted by Crippen LogP contribution is 2.23. The van der Waals surface area contributed by atoms with E-state index < -0.39 is 0 Å². The van der Waals surface area contributed by atoms with Gasteiger partial charge in [-0.25, -0.2) is 4.79 Å². The van der Waals surface area contributed by atoms with Crippen LogP contribution in [0.1, 0.15) is 24.0 Å². The first kappa shape index (κ1) is 16.3. The molecule has 22 heavy (non-hydrogen) atoms. The van der Waals surface area contributed by atoms with Crippen LogP contribution < -0.4 is 15.5 Å². The Labute approximate surface area is 130 Å². The van der Waals surface area contributed by atoms with Crippen molar-refractivity contribution >= 4 is 17.6 Å². The number of nitrogens with one attached hydrogen (secondary N) is 2. The van der Waals surface area contributed by atoms with E-state index in [1.807, 2.05) is 32.0 Å². The molecule has 3 N–H and O–H groups in total. The SMILES string of the molecule is Cc1ccc(N2C[C@H](NC(=O)NCCCO)CC2=O)cc1C. The Bertz CT molecular complexity index is 560. The minimum atomic E-state index is -0.298. The van der Waals surface area contributed by atoms with Crippen LogP contribution >= 0.6 is 0 Å². The molecule has 1 heterocycles. The summed E-state index contributed by atoms with van der Waals surface area (Å²) < 4.78 is 0. The maximum Gasteiger partial charge on any atom is 0.315 e. The molecule has 0 radical (unpaired) electrons. The van der Waals surface area contributed by atoms with E-state index in [-0.39, 0.29) is 24.6 Å². The number of carbonyl (C=O) groups is 2. The van der Waals surface area contributed by atoms with Crippen LogP contribution in [0, 0.1) is 13.8 Å². The third kappa shape index (κ3) is 3.98. The topological polar surface area (TPSA) is 81.7 Å². The number of hydrogen-bond donors (Lipinski definition) is 3. The second-order valence-electron chi connectivity index (χ2n) is 5.65. The van der Waals surface area contributed by atoms with Crippen molar-refractivity contribution in [1.82, 2.24) is 10.6 Å². The van der Waals surface area contributed by atoms with Gasteiger partial charge in [0, 0.05) is 31.8 Å². The third-order valence-electron chi connectivity index (χ3n) is 3.88. The Kier molecular flexibility index (Phi) is 5.38. The molecule has 120 valence electrons. The van der Waals surface area contributed by atoms with Gasteiger partial charge in [-0.2, -0.15) is 0 Å². The summed E-state index contributed by atoms with van der Waals surface area (Å²) in [6.45, 7) is 5.00. The number of rotatable bonds is 5. The predicted molar refractivity (Wildman–Crippen MR) is 84.9 cm³/mol. The molecule has 6 heteroatoms. The molecule has 0 unspecified atom stereocenters. The minimum absolute atomic E-state index is 0.0175. The Hall–Kier alpha value is -2.08. The second kappa shape index (κ2) is 7.26. The summed E-state index contributed by atoms with van der Waals surface area (Å²) in [4.78, 5) is 25.5. The number of amides is 3. The molecule has 1 aromatic carbocycles. The summed E-state index contributed by atoms with van der Waals surface area (Å²) in [5, 5.41) is 14.1. The highest BCUT2D eigenvalue weighted by atomic mass is 16.3. The van der Waals surface area contributed by atoms with E-state index in [4.69, 9.17) is 5.11 Å². The predicted octanol–water partition coefficient (Wildman–Crippen LogP) is 1.09. The van der Waals surface area contributed by atoms with Gasteiger partial charge < -0.3 is 20.6 Å². The Morgan fingerprint density at radius 1 is 1.36 bits per heavy atom. The molecule has 0 saturated carbocycles. The van der Waals surface area contributed by atoms with Gasteiger partial charge in [-0.1, -0.05) is 6.07 Å². The summed E-state index contributed by atoms with van der Waals surface area (Å²) in [5.74, 6) is 0.0175. The molecule has 0 spiro atoms. The molecule has 1 aromatic rings. The number of carbonyl (C=O) groups excluding carboxylic acids is 2. The highest BCUT2D eigenvalue weighted by Gasteiger charge is 2.31. The standard InChI is InChI=1S/C16H23N3O3/c1-11-4-5-14(8-12(11)2)19-10-13(9-15(19)21)18-16(22)17-6-3-7-20/h4-5,8,13,20H,3,6-7,9-10H2,1-2H3,(H2,17,18,22)/t13-/m1/s1. The summed E-state index contributed by atoms with van der Waals surface area (Å²) in [6.07, 6.45) is 0.826. The van der Waals surface area contributed by atoms with Gasteiger partial charge >= 0.3 is 6.03 Å². The number of anilines is 1. The number of benzene rings is 1. The highest BCUT2D eigenvalue weighted by molar-refractivity contribution is 5.96. The molecule has 3 amide bonds. The lowest BCUT2D eigenvalue weighted by Gasteiger charge is -2.18. The van der Waals surface area contributed by atoms with Crippen LogP contribution in [-0.2, 0) is 4.79 Å². The Morgan fingerprint density at radius 3 is 2.82 bits per heavy atom. The van der Waals surface area contributed by atoms with Crippen LogP contribution in [0.4, 0.5) is 10.5 Å². The van der Waals surface area contributed by atoms with Gasteiger partial charge in [0.25, 0.3) is 0 Å². The van der Waals surface area contributed by atoms with E-state index in [1.54, 1.807) is 4.90 Å². The van der Waals surface area contributed by atoms with Crippen molar-refractivity contribution in [3.8, 4) is 0 Å². The second-order valence-corrected chi connectivity index (χ2v) is 5.65. The van der Waals surface area contributed by atoms with Crippen LogP contribution in [0.3, 0.4) is 0 Å². The van der Waals surface area contributed by atoms with Crippen molar-refractivity contribution in [2.75, 3.05) is 24.6 Å². The van der Waals surface area contributed by atoms with Crippen LogP contribution in [0.15, 0.2) is 18.2 Å². The average molecular weight is 305 g/mol. The van der Waals surface area contributed by atoms with Gasteiger partial charge in [0.05, 0.1) is 6.04 Å². The quantitative estimate of drug-likeness (QED) is 0.712. The maximum absolute atomic E-state index is 12.1. The van der Waals surface area contributed by atoms with E-state index in [1.165, 1.54) is 5.56 Å². The molecule has 2 rings (SSSR count). The number of urea groups is 1. The number of aliphatic hydroxyl groups is 1. The summed E-state index contributed by atoms with van der Waals surface area (Å²) in [5.41, 5.74) is 3.20. The number of hydrogen-bond acceptors (Lipinski definition) is 3. The maximum atomic E-state index is 12.1. The smallest absolute Gasteiger partial charge is 0.315 e. The zero-order chi connectivity index (χ0) is 16.1. The fraction of sp³-hybridized carbons (Fsp3) is 0.500. The minimum Gasteiger partial charge on any atom is -0.396 e. The van der Waals surface area contributed by atoms with Crippen molar-refractivity contribution in [1.29, 1.82) is 0 Å². The summed E-state index contributed by atoms with van der Waals surface area (Å²) in [7, 11) is 0. The Balaban J connectivity index is 1.93. The van der Waals surface area contributed by atoms with E-state index in [0.717, 1.165) is 11.3 Å². The van der Waals surface area contributed by atoms with Gasteiger partial charge in [-0.15, -0.1) is 0 Å². The largest absolute Gasteiger partial charge is 0.396 e. The van der Waals surface area contributed by atoms with E-state index in [9.17, 15) is 9.59 Å². The molecule has 6 nitrogen and oxygen atoms in total. The molecule has 1 saturated heterocycles. The molecule has 1 atom stereocenters. The molecular formula is C16H23N3O3. The molecule has 1 fully saturated rings. The first-order chi connectivity index (χ1) is 10.5. The van der Waals surface area contributed by atoms with Gasteiger partial charge in [0.15, 0.2) is 0 Å². The average Bonchev–Trinajstić information content (AvgIpc) is 2.83. The first-order valence-corrected chi connectivity index (χ1v) is 7.54. The van der Waals surface area contributed by atoms with E-state index >= 15 is 0 Å². The van der Waals surface area contributed by atoms with Gasteiger partial charge in [-0.05, 0) is 43.5 Å². The summed E-state index contributed by atoms with van der Waals surface area (Å²) >= 11 is 0. The molecule has 1 aliphatic rings. The van der Waals surface area contributed by atoms with Gasteiger partial charge in [0.1, 0.15) is 0 Å². The van der Waals surface area contributed by atoms with Crippen molar-refractivity contribution in [2.24, 2.45) is 0 Å². The van der Waals surface area contributed by atoms with Crippen molar-refractivity contribution in [3.63, 3.8) is 0 Å². The van der Waals surface area contributed by atoms with Crippen LogP contribution in [0.25, 0.3) is 0 Å². The Morgan fingerprint density at radius 2 is 2.14 bits per heavy atom. The lowest BCUT2D eigenvalue weighted by molar-refractivity contribution is -0.117. The van der Waals surface area contributed by atoms with E-state index in [0.29, 0.717) is 25.9 Å². The first-order valence-electron chi connectivity index (χ1n) is 7.54. The lowest BCUT2D eigenvalue weighted by Crippen LogP contribution is -2.43. The number of aliphatic hydroxyl groups excluding tert-OH is 1. The molecular weight excluding hydrogens is 282 g/mol. The summed E-state index contributed by atoms with van der Waals surface area (Å²) in [6, 6.07) is 5.44. The fourth-order valence-corrected chi connectivity index (χ4v) is 2.46. The molecule has 0 aromatic heterocycles. The zero-order valence-electron chi connectivity index (χ0n) is 13.1. The lowest BCUT2D eigenvalue weighted by atomic mass is 10.1. The van der Waals surface area contributed by atoms with Crippen molar-refractivity contribution < 1.29 is 14.7 Å². The van der Waals surface area contributed by atoms with Crippen LogP contribution in [-0.4, -0.2) is 42.8 Å². The normalized spacial score (nSPS) is 17.7. The fourth-order valence-electron chi connectivity index (χ4n) is 2.46. The zero-order valence-corrected chi connectivity index (χ0v) is 13.1. The van der Waals surface area contributed by atoms with Crippen molar-refractivity contribution in [2.45, 2.75) is 32.7 Å². The molecule has 0 aliphatic carbocycles. The number of nitrogens with zero attached hydrogens (tertiary/aromatic N) is 1.